The first-order valence-corrected chi connectivity index (χ1v) is 6.84. The van der Waals surface area contributed by atoms with E-state index in [2.05, 4.69) is 10.3 Å². The van der Waals surface area contributed by atoms with Gasteiger partial charge in [-0.3, -0.25) is 20.2 Å². The first-order valence-electron chi connectivity index (χ1n) is 6.03. The molecule has 1 aromatic carbocycles. The van der Waals surface area contributed by atoms with Crippen LogP contribution in [0, 0.1) is 17.0 Å². The molecule has 0 aliphatic rings. The Morgan fingerprint density at radius 3 is 2.85 bits per heavy atom. The molecular weight excluding hydrogens is 278 g/mol. The molecule has 0 spiro atoms. The van der Waals surface area contributed by atoms with Gasteiger partial charge in [0.15, 0.2) is 5.13 Å². The summed E-state index contributed by atoms with van der Waals surface area (Å²) in [6.45, 7) is 3.91. The Kier molecular flexibility index (Phi) is 4.09. The molecule has 1 amide bonds. The summed E-state index contributed by atoms with van der Waals surface area (Å²) in [7, 11) is 0. The second kappa shape index (κ2) is 5.79. The van der Waals surface area contributed by atoms with Crippen molar-refractivity contribution in [2.24, 2.45) is 0 Å². The third-order valence-electron chi connectivity index (χ3n) is 2.97. The van der Waals surface area contributed by atoms with E-state index in [0.717, 1.165) is 35.1 Å². The molecule has 0 unspecified atom stereocenters. The molecule has 0 saturated carbocycles. The summed E-state index contributed by atoms with van der Waals surface area (Å²) in [5.74, 6) is -0.304. The monoisotopic (exact) mass is 291 g/mol. The van der Waals surface area contributed by atoms with Crippen molar-refractivity contribution in [1.82, 2.24) is 4.98 Å². The summed E-state index contributed by atoms with van der Waals surface area (Å²) in [6, 6.07) is 5.53. The molecule has 104 valence electrons. The molecule has 0 bridgehead atoms. The molecule has 0 atom stereocenters. The summed E-state index contributed by atoms with van der Waals surface area (Å²) >= 11 is 0.838. The number of aryl methyl sites for hydroxylation is 1. The zero-order chi connectivity index (χ0) is 14.7. The number of hydrogen-bond donors (Lipinski definition) is 1. The standard InChI is InChI=1S/C13H13N3O3S/c1-3-9-5-4-6-10(8(9)2)12(17)15-13-14-7-11(20-13)16(18)19/h4-7H,3H2,1-2H3,(H,14,15,17). The van der Waals surface area contributed by atoms with Crippen molar-refractivity contribution < 1.29 is 9.72 Å². The maximum Gasteiger partial charge on any atom is 0.345 e. The SMILES string of the molecule is CCc1cccc(C(=O)Nc2ncc([N+](=O)[O-])s2)c1C. The van der Waals surface area contributed by atoms with Gasteiger partial charge in [0.25, 0.3) is 5.91 Å². The van der Waals surface area contributed by atoms with Crippen molar-refractivity contribution in [3.8, 4) is 0 Å². The zero-order valence-electron chi connectivity index (χ0n) is 11.0. The van der Waals surface area contributed by atoms with Crippen LogP contribution in [0.3, 0.4) is 0 Å². The lowest BCUT2D eigenvalue weighted by Crippen LogP contribution is -2.13. The van der Waals surface area contributed by atoms with E-state index in [9.17, 15) is 14.9 Å². The van der Waals surface area contributed by atoms with Crippen LogP contribution in [0.5, 0.6) is 0 Å². The number of hydrogen-bond acceptors (Lipinski definition) is 5. The fraction of sp³-hybridized carbons (Fsp3) is 0.231. The van der Waals surface area contributed by atoms with E-state index in [0.29, 0.717) is 5.56 Å². The quantitative estimate of drug-likeness (QED) is 0.692. The van der Waals surface area contributed by atoms with Gasteiger partial charge in [0.05, 0.1) is 4.92 Å². The molecule has 0 saturated heterocycles. The van der Waals surface area contributed by atoms with Crippen LogP contribution in [0.15, 0.2) is 24.4 Å². The van der Waals surface area contributed by atoms with Crippen LogP contribution < -0.4 is 5.32 Å². The van der Waals surface area contributed by atoms with Crippen molar-refractivity contribution in [1.29, 1.82) is 0 Å². The fourth-order valence-electron chi connectivity index (χ4n) is 1.88. The highest BCUT2D eigenvalue weighted by Gasteiger charge is 2.16. The average Bonchev–Trinajstić information content (AvgIpc) is 2.87. The van der Waals surface area contributed by atoms with Gasteiger partial charge in [-0.15, -0.1) is 0 Å². The number of nitro groups is 1. The lowest BCUT2D eigenvalue weighted by Gasteiger charge is -2.09. The number of carbonyl (C=O) groups is 1. The van der Waals surface area contributed by atoms with Gasteiger partial charge < -0.3 is 0 Å². The molecule has 7 heteroatoms. The average molecular weight is 291 g/mol. The molecule has 1 aromatic heterocycles. The molecule has 0 fully saturated rings. The van der Waals surface area contributed by atoms with Gasteiger partial charge in [0.1, 0.15) is 6.20 Å². The first-order chi connectivity index (χ1) is 9.52. The summed E-state index contributed by atoms with van der Waals surface area (Å²) in [6.07, 6.45) is 1.98. The van der Waals surface area contributed by atoms with Crippen molar-refractivity contribution in [2.75, 3.05) is 5.32 Å². The Bertz CT molecular complexity index is 667. The Balaban J connectivity index is 2.21. The first kappa shape index (κ1) is 14.1. The minimum atomic E-state index is -0.531. The summed E-state index contributed by atoms with van der Waals surface area (Å²) < 4.78 is 0. The van der Waals surface area contributed by atoms with E-state index in [1.165, 1.54) is 0 Å². The van der Waals surface area contributed by atoms with Crippen LogP contribution in [0.25, 0.3) is 0 Å². The van der Waals surface area contributed by atoms with Crippen LogP contribution in [0.2, 0.25) is 0 Å². The molecule has 2 aromatic rings. The van der Waals surface area contributed by atoms with Crippen molar-refractivity contribution >= 4 is 27.4 Å². The normalized spacial score (nSPS) is 10.3. The Morgan fingerprint density at radius 1 is 1.50 bits per heavy atom. The van der Waals surface area contributed by atoms with Crippen LogP contribution in [-0.2, 0) is 6.42 Å². The van der Waals surface area contributed by atoms with E-state index < -0.39 is 4.92 Å². The number of aromatic nitrogens is 1. The Labute approximate surface area is 119 Å². The number of carbonyl (C=O) groups excluding carboxylic acids is 1. The fourth-order valence-corrected chi connectivity index (χ4v) is 2.51. The molecule has 0 aliphatic heterocycles. The maximum atomic E-state index is 12.2. The lowest BCUT2D eigenvalue weighted by molar-refractivity contribution is -0.380. The number of thiazole rings is 1. The van der Waals surface area contributed by atoms with E-state index in [1.807, 2.05) is 26.0 Å². The molecule has 0 aliphatic carbocycles. The van der Waals surface area contributed by atoms with Crippen LogP contribution >= 0.6 is 11.3 Å². The summed E-state index contributed by atoms with van der Waals surface area (Å²) in [5.41, 5.74) is 2.57. The van der Waals surface area contributed by atoms with Crippen molar-refractivity contribution in [3.05, 3.63) is 51.2 Å². The molecule has 1 N–H and O–H groups in total. The van der Waals surface area contributed by atoms with Gasteiger partial charge in [-0.05, 0) is 41.9 Å². The summed E-state index contributed by atoms with van der Waals surface area (Å²) in [5, 5.41) is 13.3. The van der Waals surface area contributed by atoms with Crippen molar-refractivity contribution in [3.63, 3.8) is 0 Å². The number of benzene rings is 1. The topological polar surface area (TPSA) is 85.1 Å². The smallest absolute Gasteiger partial charge is 0.298 e. The van der Waals surface area contributed by atoms with E-state index in [4.69, 9.17) is 0 Å². The van der Waals surface area contributed by atoms with Crippen LogP contribution in [0.1, 0.15) is 28.4 Å². The van der Waals surface area contributed by atoms with Gasteiger partial charge in [-0.1, -0.05) is 19.1 Å². The van der Waals surface area contributed by atoms with Gasteiger partial charge in [-0.2, -0.15) is 0 Å². The predicted molar refractivity (Wildman–Crippen MR) is 77.3 cm³/mol. The van der Waals surface area contributed by atoms with E-state index >= 15 is 0 Å². The number of amides is 1. The molecule has 6 nitrogen and oxygen atoms in total. The van der Waals surface area contributed by atoms with Crippen LogP contribution in [0.4, 0.5) is 10.1 Å². The largest absolute Gasteiger partial charge is 0.345 e. The van der Waals surface area contributed by atoms with Gasteiger partial charge in [0, 0.05) is 5.56 Å². The maximum absolute atomic E-state index is 12.2. The number of anilines is 1. The lowest BCUT2D eigenvalue weighted by atomic mass is 10.0. The second-order valence-electron chi connectivity index (χ2n) is 4.16. The van der Waals surface area contributed by atoms with Crippen LogP contribution in [-0.4, -0.2) is 15.8 Å². The van der Waals surface area contributed by atoms with E-state index in [1.54, 1.807) is 6.07 Å². The summed E-state index contributed by atoms with van der Waals surface area (Å²) in [4.78, 5) is 26.0. The highest BCUT2D eigenvalue weighted by atomic mass is 32.1. The van der Waals surface area contributed by atoms with Gasteiger partial charge >= 0.3 is 5.00 Å². The van der Waals surface area contributed by atoms with Gasteiger partial charge in [0.2, 0.25) is 0 Å². The number of nitrogens with one attached hydrogen (secondary N) is 1. The highest BCUT2D eigenvalue weighted by molar-refractivity contribution is 7.18. The molecule has 0 radical (unpaired) electrons. The molecule has 20 heavy (non-hydrogen) atoms. The minimum absolute atomic E-state index is 0.0978. The molecule has 1 heterocycles. The Morgan fingerprint density at radius 2 is 2.25 bits per heavy atom. The van der Waals surface area contributed by atoms with Gasteiger partial charge in [-0.25, -0.2) is 4.98 Å². The second-order valence-corrected chi connectivity index (χ2v) is 5.17. The minimum Gasteiger partial charge on any atom is -0.298 e. The third kappa shape index (κ3) is 2.83. The molecular formula is C13H13N3O3S. The number of rotatable bonds is 4. The number of nitrogens with zero attached hydrogens (tertiary/aromatic N) is 2. The zero-order valence-corrected chi connectivity index (χ0v) is 11.9. The molecule has 2 rings (SSSR count). The Hall–Kier alpha value is -2.28. The van der Waals surface area contributed by atoms with E-state index in [-0.39, 0.29) is 16.0 Å². The predicted octanol–water partition coefficient (Wildman–Crippen LogP) is 3.17. The third-order valence-corrected chi connectivity index (χ3v) is 3.83. The highest BCUT2D eigenvalue weighted by Crippen LogP contribution is 2.25. The van der Waals surface area contributed by atoms with Crippen molar-refractivity contribution in [2.45, 2.75) is 20.3 Å².